The molecule has 2 fully saturated rings. The largest absolute Gasteiger partial charge is 0.372 e. The van der Waals surface area contributed by atoms with Crippen molar-refractivity contribution in [3.8, 4) is 11.3 Å². The van der Waals surface area contributed by atoms with Gasteiger partial charge in [-0.3, -0.25) is 23.7 Å². The van der Waals surface area contributed by atoms with E-state index in [1.54, 1.807) is 18.7 Å². The van der Waals surface area contributed by atoms with Gasteiger partial charge < -0.3 is 19.9 Å². The fourth-order valence-corrected chi connectivity index (χ4v) is 5.31. The van der Waals surface area contributed by atoms with E-state index in [0.717, 1.165) is 4.57 Å². The van der Waals surface area contributed by atoms with Crippen molar-refractivity contribution in [3.05, 3.63) is 52.0 Å². The molecule has 42 heavy (non-hydrogen) atoms. The predicted molar refractivity (Wildman–Crippen MR) is 146 cm³/mol. The number of carbonyl (C=O) groups excluding carboxylic acids is 1. The van der Waals surface area contributed by atoms with Crippen molar-refractivity contribution in [2.75, 3.05) is 23.3 Å². The summed E-state index contributed by atoms with van der Waals surface area (Å²) in [7, 11) is 1.46. The molecule has 3 unspecified atom stereocenters. The van der Waals surface area contributed by atoms with Gasteiger partial charge in [-0.25, -0.2) is 33.5 Å². The van der Waals surface area contributed by atoms with Crippen LogP contribution in [0, 0.1) is 11.8 Å². The molecule has 2 N–H and O–H groups in total. The number of fused-ring (bicyclic) bond motifs is 2. The zero-order valence-corrected chi connectivity index (χ0v) is 23.0. The Kier molecular flexibility index (Phi) is 6.59. The van der Waals surface area contributed by atoms with Crippen LogP contribution < -0.4 is 21.5 Å². The van der Waals surface area contributed by atoms with Crippen LogP contribution in [-0.2, 0) is 18.4 Å². The van der Waals surface area contributed by atoms with Gasteiger partial charge in [0.15, 0.2) is 16.9 Å². The number of rotatable bonds is 9. The Morgan fingerprint density at radius 1 is 1.14 bits per heavy atom. The van der Waals surface area contributed by atoms with Crippen LogP contribution in [-0.4, -0.2) is 74.8 Å². The van der Waals surface area contributed by atoms with E-state index < -0.39 is 41.3 Å². The second kappa shape index (κ2) is 10.0. The number of nitrogens with one attached hydrogen (secondary N) is 1. The molecule has 1 aliphatic heterocycles. The lowest BCUT2D eigenvalue weighted by molar-refractivity contribution is -0.119. The minimum absolute atomic E-state index is 0.0606. The molecular formula is C26H28F2N10O4. The molecule has 0 aromatic carbocycles. The molecule has 1 aliphatic carbocycles. The lowest BCUT2D eigenvalue weighted by atomic mass is 10.2. The van der Waals surface area contributed by atoms with Gasteiger partial charge >= 0.3 is 5.69 Å². The van der Waals surface area contributed by atoms with Gasteiger partial charge in [0.05, 0.1) is 48.8 Å². The molecule has 14 nitrogen and oxygen atoms in total. The summed E-state index contributed by atoms with van der Waals surface area (Å²) < 4.78 is 30.5. The average molecular weight is 583 g/mol. The lowest BCUT2D eigenvalue weighted by Crippen LogP contribution is -2.42. The standard InChI is InChI=1S/C26H28F2N10O4/c1-4-15(39)9-37-23(41)20-21(35(3)25(37)42)32-12-38(20)13(2)22(40)34-19-8-29-7-18(33-19)14-5-30-24(31-6-14)36-10-16-17(11-36)26(16,27)28/h5-8,12-13,16-17,22,40H,4,9-11H2,1-3H3,(H,33,34)/t13-,16?,17?,22?/m0/s1. The summed E-state index contributed by atoms with van der Waals surface area (Å²) in [4.78, 5) is 61.2. The van der Waals surface area contributed by atoms with Crippen LogP contribution in [0.25, 0.3) is 22.4 Å². The summed E-state index contributed by atoms with van der Waals surface area (Å²) in [6, 6.07) is -0.761. The summed E-state index contributed by atoms with van der Waals surface area (Å²) in [5, 5.41) is 13.9. The number of aliphatic hydroxyl groups excluding tert-OH is 1. The molecule has 2 aliphatic rings. The number of nitrogens with zero attached hydrogens (tertiary/aromatic N) is 9. The quantitative estimate of drug-likeness (QED) is 0.268. The van der Waals surface area contributed by atoms with Crippen molar-refractivity contribution in [3.63, 3.8) is 0 Å². The van der Waals surface area contributed by atoms with Crippen LogP contribution in [0.2, 0.25) is 0 Å². The van der Waals surface area contributed by atoms with Gasteiger partial charge in [0, 0.05) is 44.5 Å². The van der Waals surface area contributed by atoms with E-state index in [0.29, 0.717) is 17.2 Å². The third-order valence-corrected chi connectivity index (χ3v) is 8.03. The van der Waals surface area contributed by atoms with Crippen molar-refractivity contribution >= 4 is 28.7 Å². The van der Waals surface area contributed by atoms with Crippen molar-refractivity contribution in [1.82, 2.24) is 38.6 Å². The molecule has 4 atom stereocenters. The Balaban J connectivity index is 1.20. The normalized spacial score (nSPS) is 20.4. The first-order valence-electron chi connectivity index (χ1n) is 13.4. The number of alkyl halides is 2. The van der Waals surface area contributed by atoms with Crippen molar-refractivity contribution in [2.45, 2.75) is 45.0 Å². The third kappa shape index (κ3) is 4.51. The number of carbonyl (C=O) groups is 1. The molecule has 16 heteroatoms. The molecule has 0 spiro atoms. The highest BCUT2D eigenvalue weighted by Gasteiger charge is 2.72. The second-order valence-corrected chi connectivity index (χ2v) is 10.6. The molecule has 4 aromatic heterocycles. The van der Waals surface area contributed by atoms with E-state index in [4.69, 9.17) is 0 Å². The van der Waals surface area contributed by atoms with Crippen molar-refractivity contribution < 1.29 is 18.7 Å². The Hall–Kier alpha value is -4.60. The molecule has 4 aromatic rings. The monoisotopic (exact) mass is 582 g/mol. The molecule has 5 heterocycles. The highest BCUT2D eigenvalue weighted by molar-refractivity contribution is 5.78. The maximum absolute atomic E-state index is 13.5. The summed E-state index contributed by atoms with van der Waals surface area (Å²) in [6.45, 7) is 3.37. The van der Waals surface area contributed by atoms with Gasteiger partial charge in [-0.1, -0.05) is 6.92 Å². The zero-order chi connectivity index (χ0) is 29.9. The van der Waals surface area contributed by atoms with Crippen LogP contribution in [0.1, 0.15) is 26.3 Å². The Labute approximate surface area is 236 Å². The van der Waals surface area contributed by atoms with E-state index >= 15 is 0 Å². The number of hydrogen-bond donors (Lipinski definition) is 2. The van der Waals surface area contributed by atoms with E-state index in [-0.39, 0.29) is 48.8 Å². The summed E-state index contributed by atoms with van der Waals surface area (Å²) in [5.41, 5.74) is -0.214. The smallest absolute Gasteiger partial charge is 0.332 e. The van der Waals surface area contributed by atoms with E-state index in [2.05, 4.69) is 30.2 Å². The maximum Gasteiger partial charge on any atom is 0.332 e. The van der Waals surface area contributed by atoms with Crippen molar-refractivity contribution in [1.29, 1.82) is 0 Å². The van der Waals surface area contributed by atoms with Gasteiger partial charge in [-0.05, 0) is 6.92 Å². The topological polar surface area (TPSA) is 166 Å². The number of ketones is 1. The predicted octanol–water partition coefficient (Wildman–Crippen LogP) is 0.816. The zero-order valence-electron chi connectivity index (χ0n) is 23.0. The van der Waals surface area contributed by atoms with Crippen molar-refractivity contribution in [2.24, 2.45) is 18.9 Å². The number of aryl methyl sites for hydroxylation is 1. The van der Waals surface area contributed by atoms with Gasteiger partial charge in [0.25, 0.3) is 11.5 Å². The third-order valence-electron chi connectivity index (χ3n) is 8.03. The first-order chi connectivity index (χ1) is 20.0. The Morgan fingerprint density at radius 2 is 1.83 bits per heavy atom. The van der Waals surface area contributed by atoms with E-state index in [1.165, 1.54) is 47.3 Å². The number of imidazole rings is 1. The number of hydrogen-bond acceptors (Lipinski definition) is 11. The first-order valence-corrected chi connectivity index (χ1v) is 13.4. The number of halogens is 2. The molecule has 0 radical (unpaired) electrons. The minimum atomic E-state index is -2.58. The van der Waals surface area contributed by atoms with Gasteiger partial charge in [0.1, 0.15) is 12.0 Å². The molecule has 6 rings (SSSR count). The van der Waals surface area contributed by atoms with Crippen LogP contribution in [0.4, 0.5) is 20.5 Å². The van der Waals surface area contributed by atoms with Crippen LogP contribution in [0.3, 0.4) is 0 Å². The van der Waals surface area contributed by atoms with E-state index in [9.17, 15) is 28.3 Å². The number of anilines is 2. The summed E-state index contributed by atoms with van der Waals surface area (Å²) in [6.07, 6.45) is 6.22. The molecule has 1 saturated carbocycles. The number of Topliss-reactive ketones (excluding diaryl/α,β-unsaturated/α-hetero) is 1. The first kappa shape index (κ1) is 27.6. The number of piperidine rings is 1. The molecular weight excluding hydrogens is 554 g/mol. The second-order valence-electron chi connectivity index (χ2n) is 10.6. The fourth-order valence-electron chi connectivity index (χ4n) is 5.31. The number of aromatic nitrogens is 8. The fraction of sp³-hybridized carbons (Fsp3) is 0.462. The van der Waals surface area contributed by atoms with Gasteiger partial charge in [-0.15, -0.1) is 0 Å². The van der Waals surface area contributed by atoms with Gasteiger partial charge in [-0.2, -0.15) is 0 Å². The van der Waals surface area contributed by atoms with Crippen LogP contribution in [0.5, 0.6) is 0 Å². The van der Waals surface area contributed by atoms with Gasteiger partial charge in [0.2, 0.25) is 5.95 Å². The highest BCUT2D eigenvalue weighted by Crippen LogP contribution is 2.59. The maximum atomic E-state index is 13.5. The average Bonchev–Trinajstić information content (AvgIpc) is 3.41. The van der Waals surface area contributed by atoms with Crippen LogP contribution in [0.15, 0.2) is 40.7 Å². The Morgan fingerprint density at radius 3 is 2.50 bits per heavy atom. The van der Waals surface area contributed by atoms with E-state index in [1.807, 2.05) is 0 Å². The highest BCUT2D eigenvalue weighted by atomic mass is 19.3. The lowest BCUT2D eigenvalue weighted by Gasteiger charge is -2.22. The molecule has 1 saturated heterocycles. The molecule has 0 bridgehead atoms. The molecule has 220 valence electrons. The number of aliphatic hydroxyl groups is 1. The molecule has 0 amide bonds. The van der Waals surface area contributed by atoms with Crippen LogP contribution >= 0.6 is 0 Å². The minimum Gasteiger partial charge on any atom is -0.372 e. The summed E-state index contributed by atoms with van der Waals surface area (Å²) >= 11 is 0. The summed E-state index contributed by atoms with van der Waals surface area (Å²) in [5.74, 6) is -3.54. The Bertz CT molecular complexity index is 1790. The SMILES string of the molecule is CCC(=O)Cn1c(=O)c2c(ncn2[C@@H](C)C(O)Nc2cncc(-c3cnc(N4CC5C(C4)C5(F)F)nc3)n2)n(C)c1=O.